The number of hydrogen-bond donors (Lipinski definition) is 1. The van der Waals surface area contributed by atoms with Gasteiger partial charge in [-0.3, -0.25) is 4.90 Å². The van der Waals surface area contributed by atoms with E-state index < -0.39 is 11.7 Å². The third-order valence-electron chi connectivity index (χ3n) is 4.40. The molecule has 0 saturated carbocycles. The Bertz CT molecular complexity index is 500. The van der Waals surface area contributed by atoms with Crippen LogP contribution in [-0.2, 0) is 12.7 Å². The first kappa shape index (κ1) is 18.3. The predicted octanol–water partition coefficient (Wildman–Crippen LogP) is 4.31. The Balaban J connectivity index is 2.17. The summed E-state index contributed by atoms with van der Waals surface area (Å²) in [5.41, 5.74) is 0.0425. The van der Waals surface area contributed by atoms with Crippen LogP contribution in [-0.4, -0.2) is 30.6 Å². The summed E-state index contributed by atoms with van der Waals surface area (Å²) in [5, 5.41) is 3.32. The molecule has 2 nitrogen and oxygen atoms in total. The molecule has 1 aliphatic heterocycles. The number of rotatable bonds is 5. The van der Waals surface area contributed by atoms with Gasteiger partial charge in [0, 0.05) is 19.1 Å². The van der Waals surface area contributed by atoms with Gasteiger partial charge in [-0.2, -0.15) is 13.2 Å². The van der Waals surface area contributed by atoms with Gasteiger partial charge in [-0.25, -0.2) is 0 Å². The predicted molar refractivity (Wildman–Crippen MR) is 87.2 cm³/mol. The summed E-state index contributed by atoms with van der Waals surface area (Å²) >= 11 is 0. The average Bonchev–Trinajstić information content (AvgIpc) is 2.95. The third kappa shape index (κ3) is 5.50. The molecular weight excluding hydrogens is 301 g/mol. The Kier molecular flexibility index (Phi) is 5.74. The van der Waals surface area contributed by atoms with Crippen molar-refractivity contribution in [2.24, 2.45) is 5.41 Å². The van der Waals surface area contributed by atoms with Gasteiger partial charge in [0.2, 0.25) is 0 Å². The molecule has 0 radical (unpaired) electrons. The minimum absolute atomic E-state index is 0.174. The highest BCUT2D eigenvalue weighted by Gasteiger charge is 2.34. The zero-order valence-electron chi connectivity index (χ0n) is 14.2. The van der Waals surface area contributed by atoms with Gasteiger partial charge in [0.1, 0.15) is 0 Å². The first-order valence-corrected chi connectivity index (χ1v) is 8.27. The van der Waals surface area contributed by atoms with E-state index in [1.54, 1.807) is 12.1 Å². The van der Waals surface area contributed by atoms with Crippen molar-refractivity contribution in [3.63, 3.8) is 0 Å². The molecule has 0 spiro atoms. The van der Waals surface area contributed by atoms with Gasteiger partial charge in [0.15, 0.2) is 0 Å². The minimum atomic E-state index is -4.29. The largest absolute Gasteiger partial charge is 0.416 e. The third-order valence-corrected chi connectivity index (χ3v) is 4.40. The Morgan fingerprint density at radius 2 is 1.87 bits per heavy atom. The summed E-state index contributed by atoms with van der Waals surface area (Å²) in [4.78, 5) is 2.22. The summed E-state index contributed by atoms with van der Waals surface area (Å²) < 4.78 is 39.7. The smallest absolute Gasteiger partial charge is 0.315 e. The summed E-state index contributed by atoms with van der Waals surface area (Å²) in [6, 6.07) is 6.26. The highest BCUT2D eigenvalue weighted by atomic mass is 19.4. The number of nitrogens with one attached hydrogen (secondary N) is 1. The van der Waals surface area contributed by atoms with Crippen molar-refractivity contribution in [3.05, 3.63) is 35.4 Å². The summed E-state index contributed by atoms with van der Waals surface area (Å²) in [6.07, 6.45) is -2.32. The van der Waals surface area contributed by atoms with Gasteiger partial charge in [-0.05, 0) is 43.0 Å². The first-order chi connectivity index (χ1) is 10.7. The van der Waals surface area contributed by atoms with Gasteiger partial charge in [-0.15, -0.1) is 0 Å². The molecule has 1 N–H and O–H groups in total. The van der Waals surface area contributed by atoms with E-state index in [1.165, 1.54) is 12.1 Å². The van der Waals surface area contributed by atoms with Crippen LogP contribution in [0.25, 0.3) is 0 Å². The molecule has 1 saturated heterocycles. The van der Waals surface area contributed by atoms with Crippen molar-refractivity contribution < 1.29 is 13.2 Å². The molecule has 5 heteroatoms. The van der Waals surface area contributed by atoms with Crippen molar-refractivity contribution in [1.82, 2.24) is 10.2 Å². The van der Waals surface area contributed by atoms with Crippen molar-refractivity contribution in [3.8, 4) is 0 Å². The zero-order valence-corrected chi connectivity index (χ0v) is 14.2. The maximum Gasteiger partial charge on any atom is 0.416 e. The fourth-order valence-electron chi connectivity index (χ4n) is 2.97. The Morgan fingerprint density at radius 3 is 2.43 bits per heavy atom. The van der Waals surface area contributed by atoms with Crippen molar-refractivity contribution in [2.45, 2.75) is 52.4 Å². The number of hydrogen-bond acceptors (Lipinski definition) is 2. The average molecular weight is 328 g/mol. The van der Waals surface area contributed by atoms with Crippen LogP contribution in [0.2, 0.25) is 0 Å². The highest BCUT2D eigenvalue weighted by molar-refractivity contribution is 5.29. The van der Waals surface area contributed by atoms with E-state index in [-0.39, 0.29) is 5.41 Å². The lowest BCUT2D eigenvalue weighted by atomic mass is 9.91. The molecule has 1 aliphatic rings. The fraction of sp³-hybridized carbons (Fsp3) is 0.667. The van der Waals surface area contributed by atoms with Crippen LogP contribution < -0.4 is 5.32 Å². The second-order valence-electron chi connectivity index (χ2n) is 7.58. The van der Waals surface area contributed by atoms with Crippen LogP contribution in [0.3, 0.4) is 0 Å². The summed E-state index contributed by atoms with van der Waals surface area (Å²) in [7, 11) is 0. The zero-order chi connectivity index (χ0) is 17.1. The van der Waals surface area contributed by atoms with E-state index in [9.17, 15) is 13.2 Å². The lowest BCUT2D eigenvalue weighted by Gasteiger charge is -2.32. The standard InChI is InChI=1S/C18H27F3N2/c1-17(2,3)9-11-23(15-8-10-22-12-15)13-14-6-4-5-7-16(14)18(19,20)21/h4-7,15,22H,8-13H2,1-3H3/t15-/m0/s1. The molecule has 2 rings (SSSR count). The lowest BCUT2D eigenvalue weighted by Crippen LogP contribution is -2.38. The van der Waals surface area contributed by atoms with Crippen LogP contribution in [0.5, 0.6) is 0 Å². The molecule has 0 amide bonds. The Labute approximate surface area is 137 Å². The number of alkyl halides is 3. The molecule has 1 fully saturated rings. The van der Waals surface area contributed by atoms with E-state index in [0.29, 0.717) is 18.2 Å². The fourth-order valence-corrected chi connectivity index (χ4v) is 2.97. The van der Waals surface area contributed by atoms with E-state index in [4.69, 9.17) is 0 Å². The first-order valence-electron chi connectivity index (χ1n) is 8.27. The van der Waals surface area contributed by atoms with Gasteiger partial charge >= 0.3 is 6.18 Å². The second-order valence-corrected chi connectivity index (χ2v) is 7.58. The second kappa shape index (κ2) is 7.22. The quantitative estimate of drug-likeness (QED) is 0.867. The van der Waals surface area contributed by atoms with Crippen molar-refractivity contribution >= 4 is 0 Å². The highest BCUT2D eigenvalue weighted by Crippen LogP contribution is 2.33. The molecule has 23 heavy (non-hydrogen) atoms. The molecular formula is C18H27F3N2. The van der Waals surface area contributed by atoms with Crippen LogP contribution in [0, 0.1) is 5.41 Å². The molecule has 1 aromatic rings. The van der Waals surface area contributed by atoms with Gasteiger partial charge in [0.05, 0.1) is 5.56 Å². The molecule has 0 bridgehead atoms. The van der Waals surface area contributed by atoms with Crippen molar-refractivity contribution in [2.75, 3.05) is 19.6 Å². The van der Waals surface area contributed by atoms with Crippen LogP contribution >= 0.6 is 0 Å². The van der Waals surface area contributed by atoms with Gasteiger partial charge in [0.25, 0.3) is 0 Å². The van der Waals surface area contributed by atoms with E-state index in [0.717, 1.165) is 32.5 Å². The molecule has 0 aliphatic carbocycles. The maximum absolute atomic E-state index is 13.2. The molecule has 1 heterocycles. The number of nitrogens with zero attached hydrogens (tertiary/aromatic N) is 1. The normalized spacial score (nSPS) is 19.5. The molecule has 0 aromatic heterocycles. The van der Waals surface area contributed by atoms with E-state index >= 15 is 0 Å². The van der Waals surface area contributed by atoms with Gasteiger partial charge < -0.3 is 5.32 Å². The van der Waals surface area contributed by atoms with Crippen LogP contribution in [0.4, 0.5) is 13.2 Å². The minimum Gasteiger partial charge on any atom is -0.315 e. The van der Waals surface area contributed by atoms with Crippen LogP contribution in [0.15, 0.2) is 24.3 Å². The molecule has 1 atom stereocenters. The Hall–Kier alpha value is -1.07. The van der Waals surface area contributed by atoms with Crippen molar-refractivity contribution in [1.29, 1.82) is 0 Å². The monoisotopic (exact) mass is 328 g/mol. The SMILES string of the molecule is CC(C)(C)CCN(Cc1ccccc1C(F)(F)F)[C@H]1CCNC1. The Morgan fingerprint density at radius 1 is 1.17 bits per heavy atom. The number of halogens is 3. The lowest BCUT2D eigenvalue weighted by molar-refractivity contribution is -0.138. The summed E-state index contributed by atoms with van der Waals surface area (Å²) in [5.74, 6) is 0. The molecule has 0 unspecified atom stereocenters. The van der Waals surface area contributed by atoms with E-state index in [2.05, 4.69) is 31.0 Å². The van der Waals surface area contributed by atoms with Gasteiger partial charge in [-0.1, -0.05) is 39.0 Å². The van der Waals surface area contributed by atoms with E-state index in [1.807, 2.05) is 0 Å². The maximum atomic E-state index is 13.2. The topological polar surface area (TPSA) is 15.3 Å². The van der Waals surface area contributed by atoms with Crippen LogP contribution in [0.1, 0.15) is 44.7 Å². The summed E-state index contributed by atoms with van der Waals surface area (Å²) in [6.45, 7) is 9.49. The molecule has 130 valence electrons. The number of benzene rings is 1. The molecule has 1 aromatic carbocycles.